The Morgan fingerprint density at radius 3 is 3.04 bits per heavy atom. The quantitative estimate of drug-likeness (QED) is 0.820. The summed E-state index contributed by atoms with van der Waals surface area (Å²) >= 11 is 0. The van der Waals surface area contributed by atoms with Crippen LogP contribution < -0.4 is 10.1 Å². The Labute approximate surface area is 134 Å². The summed E-state index contributed by atoms with van der Waals surface area (Å²) in [5.74, 6) is 2.31. The van der Waals surface area contributed by atoms with Gasteiger partial charge in [-0.3, -0.25) is 4.79 Å². The van der Waals surface area contributed by atoms with Crippen LogP contribution in [-0.2, 0) is 4.79 Å². The largest absolute Gasteiger partial charge is 0.490 e. The second-order valence-electron chi connectivity index (χ2n) is 5.80. The molecular formula is C17H18FN3O2. The minimum atomic E-state index is -0.455. The van der Waals surface area contributed by atoms with Gasteiger partial charge < -0.3 is 10.1 Å². The number of hydrogen-bond acceptors (Lipinski definition) is 4. The van der Waals surface area contributed by atoms with E-state index in [9.17, 15) is 9.18 Å². The molecule has 6 heteroatoms. The maximum Gasteiger partial charge on any atom is 0.220 e. The standard InChI is InChI=1S/C17H18FN3O2/c1-2-3-9-17(20-21-17)10-7-15(22)19-14-8-11-23-16-12(14)5-4-6-13(16)18/h1,4-6,14H,3,7-11H2,(H,19,22)/t14-/m1/s1. The van der Waals surface area contributed by atoms with Gasteiger partial charge in [-0.05, 0) is 6.07 Å². The topological polar surface area (TPSA) is 63.0 Å². The summed E-state index contributed by atoms with van der Waals surface area (Å²) in [5, 5.41) is 11.0. The second-order valence-corrected chi connectivity index (χ2v) is 5.80. The maximum absolute atomic E-state index is 13.7. The number of ether oxygens (including phenoxy) is 1. The summed E-state index contributed by atoms with van der Waals surface area (Å²) in [6, 6.07) is 4.53. The maximum atomic E-state index is 13.7. The fourth-order valence-electron chi connectivity index (χ4n) is 2.78. The molecule has 0 fully saturated rings. The highest BCUT2D eigenvalue weighted by molar-refractivity contribution is 5.76. The van der Waals surface area contributed by atoms with E-state index in [2.05, 4.69) is 21.5 Å². The molecule has 1 atom stereocenters. The van der Waals surface area contributed by atoms with Crippen molar-refractivity contribution in [3.63, 3.8) is 0 Å². The zero-order valence-electron chi connectivity index (χ0n) is 12.7. The molecule has 2 heterocycles. The molecule has 1 amide bonds. The van der Waals surface area contributed by atoms with Gasteiger partial charge in [0, 0.05) is 37.7 Å². The number of hydrogen-bond donors (Lipinski definition) is 1. The van der Waals surface area contributed by atoms with Gasteiger partial charge >= 0.3 is 0 Å². The summed E-state index contributed by atoms with van der Waals surface area (Å²) in [6.45, 7) is 0.385. The molecule has 2 aliphatic heterocycles. The fraction of sp³-hybridized carbons (Fsp3) is 0.471. The molecule has 0 bridgehead atoms. The lowest BCUT2D eigenvalue weighted by molar-refractivity contribution is -0.122. The number of nitrogens with one attached hydrogen (secondary N) is 1. The zero-order valence-corrected chi connectivity index (χ0v) is 12.7. The van der Waals surface area contributed by atoms with E-state index in [0.717, 1.165) is 0 Å². The van der Waals surface area contributed by atoms with Crippen LogP contribution in [0, 0.1) is 18.2 Å². The number of carbonyl (C=O) groups excluding carboxylic acids is 1. The number of rotatable bonds is 6. The minimum Gasteiger partial charge on any atom is -0.490 e. The lowest BCUT2D eigenvalue weighted by atomic mass is 9.99. The molecule has 0 spiro atoms. The zero-order chi connectivity index (χ0) is 16.3. The fourth-order valence-corrected chi connectivity index (χ4v) is 2.78. The van der Waals surface area contributed by atoms with Crippen molar-refractivity contribution in [1.82, 2.24) is 5.32 Å². The van der Waals surface area contributed by atoms with Crippen molar-refractivity contribution in [2.75, 3.05) is 6.61 Å². The van der Waals surface area contributed by atoms with Gasteiger partial charge in [0.1, 0.15) is 0 Å². The van der Waals surface area contributed by atoms with Crippen LogP contribution >= 0.6 is 0 Å². The highest BCUT2D eigenvalue weighted by Gasteiger charge is 2.39. The van der Waals surface area contributed by atoms with Gasteiger partial charge in [-0.1, -0.05) is 12.1 Å². The number of nitrogens with zero attached hydrogens (tertiary/aromatic N) is 2. The van der Waals surface area contributed by atoms with Crippen molar-refractivity contribution < 1.29 is 13.9 Å². The van der Waals surface area contributed by atoms with Gasteiger partial charge in [0.05, 0.1) is 12.6 Å². The Morgan fingerprint density at radius 2 is 2.30 bits per heavy atom. The third kappa shape index (κ3) is 3.50. The Balaban J connectivity index is 1.56. The molecule has 0 unspecified atom stereocenters. The molecule has 23 heavy (non-hydrogen) atoms. The molecule has 0 radical (unpaired) electrons. The van der Waals surface area contributed by atoms with E-state index < -0.39 is 11.5 Å². The molecule has 0 aromatic heterocycles. The summed E-state index contributed by atoms with van der Waals surface area (Å²) < 4.78 is 19.1. The molecule has 3 rings (SSSR count). The van der Waals surface area contributed by atoms with Gasteiger partial charge in [-0.15, -0.1) is 12.3 Å². The van der Waals surface area contributed by atoms with Crippen molar-refractivity contribution in [2.24, 2.45) is 10.2 Å². The van der Waals surface area contributed by atoms with Crippen molar-refractivity contribution in [3.8, 4) is 18.1 Å². The first-order chi connectivity index (χ1) is 11.1. The molecule has 120 valence electrons. The highest BCUT2D eigenvalue weighted by Crippen LogP contribution is 2.38. The van der Waals surface area contributed by atoms with E-state index in [1.54, 1.807) is 12.1 Å². The highest BCUT2D eigenvalue weighted by atomic mass is 19.1. The first-order valence-corrected chi connectivity index (χ1v) is 7.72. The lowest BCUT2D eigenvalue weighted by Gasteiger charge is -2.27. The van der Waals surface area contributed by atoms with Gasteiger partial charge in [0.25, 0.3) is 0 Å². The average molecular weight is 315 g/mol. The van der Waals surface area contributed by atoms with Crippen molar-refractivity contribution >= 4 is 5.91 Å². The number of para-hydroxylation sites is 1. The molecule has 0 saturated carbocycles. The number of terminal acetylenes is 1. The number of benzene rings is 1. The molecule has 1 N–H and O–H groups in total. The first-order valence-electron chi connectivity index (χ1n) is 7.72. The van der Waals surface area contributed by atoms with Crippen molar-refractivity contribution in [2.45, 2.75) is 43.8 Å². The summed E-state index contributed by atoms with van der Waals surface area (Å²) in [4.78, 5) is 12.2. The van der Waals surface area contributed by atoms with Crippen LogP contribution in [0.15, 0.2) is 28.4 Å². The molecule has 1 aromatic rings. The van der Waals surface area contributed by atoms with E-state index in [1.165, 1.54) is 6.07 Å². The Hall–Kier alpha value is -2.42. The smallest absolute Gasteiger partial charge is 0.220 e. The van der Waals surface area contributed by atoms with Crippen molar-refractivity contribution in [3.05, 3.63) is 29.6 Å². The first kappa shape index (κ1) is 15.5. The van der Waals surface area contributed by atoms with Crippen LogP contribution in [0.4, 0.5) is 4.39 Å². The molecule has 0 aliphatic carbocycles. The number of halogens is 1. The van der Waals surface area contributed by atoms with Crippen LogP contribution in [0.2, 0.25) is 0 Å². The third-order valence-electron chi connectivity index (χ3n) is 4.17. The third-order valence-corrected chi connectivity index (χ3v) is 4.17. The van der Waals surface area contributed by atoms with Crippen LogP contribution in [0.25, 0.3) is 0 Å². The minimum absolute atomic E-state index is 0.0931. The lowest BCUT2D eigenvalue weighted by Crippen LogP contribution is -2.33. The number of carbonyl (C=O) groups is 1. The van der Waals surface area contributed by atoms with Crippen LogP contribution in [0.1, 0.15) is 43.7 Å². The predicted octanol–water partition coefficient (Wildman–Crippen LogP) is 3.12. The SMILES string of the molecule is C#CCCC1(CCC(=O)N[C@@H]2CCOc3c(F)cccc32)N=N1. The summed E-state index contributed by atoms with van der Waals surface area (Å²) in [7, 11) is 0. The Morgan fingerprint density at radius 1 is 1.48 bits per heavy atom. The predicted molar refractivity (Wildman–Crippen MR) is 82.3 cm³/mol. The van der Waals surface area contributed by atoms with Gasteiger partial charge in [-0.25, -0.2) is 4.39 Å². The number of fused-ring (bicyclic) bond motifs is 1. The normalized spacial score (nSPS) is 20.1. The monoisotopic (exact) mass is 315 g/mol. The van der Waals surface area contributed by atoms with Crippen LogP contribution in [0.5, 0.6) is 5.75 Å². The van der Waals surface area contributed by atoms with E-state index >= 15 is 0 Å². The molecule has 0 saturated heterocycles. The summed E-state index contributed by atoms with van der Waals surface area (Å²) in [6.07, 6.45) is 8.03. The van der Waals surface area contributed by atoms with E-state index in [0.29, 0.717) is 44.3 Å². The van der Waals surface area contributed by atoms with Crippen LogP contribution in [-0.4, -0.2) is 18.2 Å². The van der Waals surface area contributed by atoms with Gasteiger partial charge in [-0.2, -0.15) is 10.2 Å². The van der Waals surface area contributed by atoms with Crippen molar-refractivity contribution in [1.29, 1.82) is 0 Å². The average Bonchev–Trinajstić information content (AvgIpc) is 3.33. The van der Waals surface area contributed by atoms with Gasteiger partial charge in [0.15, 0.2) is 17.2 Å². The number of amides is 1. The second kappa shape index (κ2) is 6.37. The molecule has 2 aliphatic rings. The molecular weight excluding hydrogens is 297 g/mol. The van der Waals surface area contributed by atoms with E-state index in [4.69, 9.17) is 11.2 Å². The Bertz CT molecular complexity index is 675. The molecule has 5 nitrogen and oxygen atoms in total. The Kier molecular flexibility index (Phi) is 4.28. The van der Waals surface area contributed by atoms with E-state index in [-0.39, 0.29) is 17.7 Å². The summed E-state index contributed by atoms with van der Waals surface area (Å²) in [5.41, 5.74) is 0.232. The van der Waals surface area contributed by atoms with Crippen LogP contribution in [0.3, 0.4) is 0 Å². The van der Waals surface area contributed by atoms with Gasteiger partial charge in [0.2, 0.25) is 5.91 Å². The van der Waals surface area contributed by atoms with E-state index in [1.807, 2.05) is 0 Å². The molecule has 1 aromatic carbocycles.